The predicted octanol–water partition coefficient (Wildman–Crippen LogP) is 4.12. The van der Waals surface area contributed by atoms with E-state index in [1.165, 1.54) is 10.2 Å². The number of aromatic hydroxyl groups is 1. The quantitative estimate of drug-likeness (QED) is 0.247. The fraction of sp³-hybridized carbons (Fsp3) is 0.111. The van der Waals surface area contributed by atoms with E-state index in [9.17, 15) is 9.90 Å². The first-order valence-corrected chi connectivity index (χ1v) is 11.3. The number of phenols is 1. The van der Waals surface area contributed by atoms with Gasteiger partial charge in [0.15, 0.2) is 5.65 Å². The fourth-order valence-corrected chi connectivity index (χ4v) is 3.95. The van der Waals surface area contributed by atoms with Crippen LogP contribution in [0.3, 0.4) is 0 Å². The molecular weight excluding hydrogens is 440 g/mol. The Labute approximate surface area is 201 Å². The number of aryl methyl sites for hydroxylation is 1. The second-order valence-corrected chi connectivity index (χ2v) is 8.14. The number of nitrogens with zero attached hydrogens (tertiary/aromatic N) is 4. The number of hydrogen-bond acceptors (Lipinski definition) is 6. The Balaban J connectivity index is 1.48. The highest BCUT2D eigenvalue weighted by atomic mass is 16.3. The smallest absolute Gasteiger partial charge is 0.257 e. The average Bonchev–Trinajstić information content (AvgIpc) is 3.14. The molecule has 0 radical (unpaired) electrons. The van der Waals surface area contributed by atoms with Gasteiger partial charge >= 0.3 is 0 Å². The van der Waals surface area contributed by atoms with Crippen LogP contribution in [-0.4, -0.2) is 38.4 Å². The number of carbonyl (C=O) groups is 1. The monoisotopic (exact) mass is 464 g/mol. The lowest BCUT2D eigenvalue weighted by Gasteiger charge is -2.06. The van der Waals surface area contributed by atoms with E-state index in [4.69, 9.17) is 5.73 Å². The van der Waals surface area contributed by atoms with E-state index in [0.717, 1.165) is 12.8 Å². The highest BCUT2D eigenvalue weighted by molar-refractivity contribution is 6.10. The molecule has 5 rings (SSSR count). The molecule has 8 nitrogen and oxygen atoms in total. The van der Waals surface area contributed by atoms with E-state index >= 15 is 0 Å². The van der Waals surface area contributed by atoms with Crippen LogP contribution < -0.4 is 11.1 Å². The van der Waals surface area contributed by atoms with Gasteiger partial charge in [-0.3, -0.25) is 4.79 Å². The van der Waals surface area contributed by atoms with Crippen molar-refractivity contribution in [1.82, 2.24) is 20.0 Å². The van der Waals surface area contributed by atoms with Gasteiger partial charge in [-0.15, -0.1) is 0 Å². The van der Waals surface area contributed by atoms with E-state index in [1.54, 1.807) is 30.5 Å². The van der Waals surface area contributed by atoms with Gasteiger partial charge < -0.3 is 16.2 Å². The van der Waals surface area contributed by atoms with Gasteiger partial charge in [-0.1, -0.05) is 54.6 Å². The van der Waals surface area contributed by atoms with Crippen molar-refractivity contribution in [3.63, 3.8) is 0 Å². The summed E-state index contributed by atoms with van der Waals surface area (Å²) in [4.78, 5) is 22.6. The maximum Gasteiger partial charge on any atom is 0.257 e. The number of hydrogen-bond donors (Lipinski definition) is 3. The molecule has 0 bridgehead atoms. The molecule has 2 heterocycles. The van der Waals surface area contributed by atoms with Crippen molar-refractivity contribution < 1.29 is 9.90 Å². The van der Waals surface area contributed by atoms with Crippen LogP contribution in [0.4, 0.5) is 5.82 Å². The summed E-state index contributed by atoms with van der Waals surface area (Å²) in [5.41, 5.74) is 10.7. The summed E-state index contributed by atoms with van der Waals surface area (Å²) in [6.07, 6.45) is 3.20. The van der Waals surface area contributed by atoms with E-state index in [0.29, 0.717) is 34.3 Å². The molecular formula is C27H24N6O2. The zero-order valence-corrected chi connectivity index (χ0v) is 18.9. The van der Waals surface area contributed by atoms with Crippen molar-refractivity contribution in [1.29, 1.82) is 0 Å². The molecule has 0 atom stereocenters. The summed E-state index contributed by atoms with van der Waals surface area (Å²) in [7, 11) is 0. The Hall–Kier alpha value is -4.72. The van der Waals surface area contributed by atoms with Crippen molar-refractivity contribution in [3.8, 4) is 5.75 Å². The first-order chi connectivity index (χ1) is 17.1. The Morgan fingerprint density at radius 1 is 1.00 bits per heavy atom. The first kappa shape index (κ1) is 22.1. The van der Waals surface area contributed by atoms with Crippen molar-refractivity contribution >= 4 is 40.1 Å². The Morgan fingerprint density at radius 2 is 1.74 bits per heavy atom. The lowest BCUT2D eigenvalue weighted by molar-refractivity contribution is 0.0955. The number of nitrogen functional groups attached to an aromatic ring is 1. The molecule has 0 spiro atoms. The van der Waals surface area contributed by atoms with E-state index in [1.807, 2.05) is 42.5 Å². The number of nitrogens with one attached hydrogen (secondary N) is 1. The summed E-state index contributed by atoms with van der Waals surface area (Å²) in [5, 5.41) is 17.2. The number of rotatable bonds is 7. The molecule has 8 heteroatoms. The Morgan fingerprint density at radius 3 is 2.51 bits per heavy atom. The largest absolute Gasteiger partial charge is 0.508 e. The zero-order chi connectivity index (χ0) is 24.2. The third-order valence-corrected chi connectivity index (χ3v) is 5.66. The topological polar surface area (TPSA) is 118 Å². The molecule has 0 saturated heterocycles. The summed E-state index contributed by atoms with van der Waals surface area (Å²) < 4.78 is 1.41. The lowest BCUT2D eigenvalue weighted by atomic mass is 10.1. The number of aromatic nitrogens is 3. The Bertz CT molecular complexity index is 1540. The lowest BCUT2D eigenvalue weighted by Crippen LogP contribution is -2.25. The molecule has 0 aliphatic heterocycles. The van der Waals surface area contributed by atoms with Crippen LogP contribution >= 0.6 is 0 Å². The number of nitrogens with two attached hydrogens (primary N) is 1. The minimum absolute atomic E-state index is 0.126. The summed E-state index contributed by atoms with van der Waals surface area (Å²) in [5.74, 6) is -0.0515. The first-order valence-electron chi connectivity index (χ1n) is 11.3. The van der Waals surface area contributed by atoms with Crippen LogP contribution in [0.25, 0.3) is 22.2 Å². The minimum Gasteiger partial charge on any atom is -0.508 e. The fourth-order valence-electron chi connectivity index (χ4n) is 3.95. The standard InChI is InChI=1S/C27H24N6O2/c28-25-23(27(35)29-15-7-11-18-8-2-1-3-9-18)24-26(32-22-14-5-4-13-21(22)31-24)33(25)30-17-19-10-6-12-20(34)16-19/h1-6,8-10,12-14,16-17,34H,7,11,15,28H2,(H,29,35). The number of para-hydroxylation sites is 2. The molecule has 0 fully saturated rings. The zero-order valence-electron chi connectivity index (χ0n) is 18.9. The van der Waals surface area contributed by atoms with Gasteiger partial charge in [0.25, 0.3) is 5.91 Å². The average molecular weight is 465 g/mol. The maximum atomic E-state index is 13.2. The van der Waals surface area contributed by atoms with E-state index in [2.05, 4.69) is 32.5 Å². The van der Waals surface area contributed by atoms with Crippen molar-refractivity contribution in [2.75, 3.05) is 12.3 Å². The second kappa shape index (κ2) is 9.64. The molecule has 2 aromatic heterocycles. The summed E-state index contributed by atoms with van der Waals surface area (Å²) in [6, 6.07) is 24.2. The van der Waals surface area contributed by atoms with Crippen LogP contribution in [0.5, 0.6) is 5.75 Å². The predicted molar refractivity (Wildman–Crippen MR) is 138 cm³/mol. The van der Waals surface area contributed by atoms with Crippen LogP contribution in [-0.2, 0) is 6.42 Å². The molecule has 0 saturated carbocycles. The third-order valence-electron chi connectivity index (χ3n) is 5.66. The maximum absolute atomic E-state index is 13.2. The summed E-state index contributed by atoms with van der Waals surface area (Å²) >= 11 is 0. The molecule has 5 aromatic rings. The number of amides is 1. The van der Waals surface area contributed by atoms with Crippen molar-refractivity contribution in [2.24, 2.45) is 5.10 Å². The number of benzene rings is 3. The molecule has 0 aliphatic carbocycles. The number of anilines is 1. The van der Waals surface area contributed by atoms with Gasteiger partial charge in [0.2, 0.25) is 0 Å². The van der Waals surface area contributed by atoms with Gasteiger partial charge in [0.1, 0.15) is 22.6 Å². The van der Waals surface area contributed by atoms with Crippen LogP contribution in [0.15, 0.2) is 84.0 Å². The highest BCUT2D eigenvalue weighted by Gasteiger charge is 2.23. The third kappa shape index (κ3) is 4.67. The second-order valence-electron chi connectivity index (χ2n) is 8.14. The van der Waals surface area contributed by atoms with Crippen molar-refractivity contribution in [2.45, 2.75) is 12.8 Å². The van der Waals surface area contributed by atoms with E-state index < -0.39 is 0 Å². The normalized spacial score (nSPS) is 11.4. The Kier molecular flexibility index (Phi) is 6.09. The molecule has 0 aliphatic rings. The highest BCUT2D eigenvalue weighted by Crippen LogP contribution is 2.28. The van der Waals surface area contributed by atoms with Crippen molar-refractivity contribution in [3.05, 3.63) is 95.6 Å². The number of phenolic OH excluding ortho intramolecular Hbond substituents is 1. The van der Waals surface area contributed by atoms with Crippen LogP contribution in [0, 0.1) is 0 Å². The SMILES string of the molecule is Nc1c(C(=O)NCCCc2ccccc2)c2nc3ccccc3nc2n1N=Cc1cccc(O)c1. The molecule has 1 amide bonds. The molecule has 35 heavy (non-hydrogen) atoms. The summed E-state index contributed by atoms with van der Waals surface area (Å²) in [6.45, 7) is 0.493. The van der Waals surface area contributed by atoms with E-state index in [-0.39, 0.29) is 23.0 Å². The van der Waals surface area contributed by atoms with Gasteiger partial charge in [-0.2, -0.15) is 9.78 Å². The van der Waals surface area contributed by atoms with Gasteiger partial charge in [0.05, 0.1) is 17.2 Å². The molecule has 174 valence electrons. The number of fused-ring (bicyclic) bond motifs is 2. The molecule has 4 N–H and O–H groups in total. The molecule has 0 unspecified atom stereocenters. The van der Waals surface area contributed by atoms with Gasteiger partial charge in [0, 0.05) is 6.54 Å². The minimum atomic E-state index is -0.323. The van der Waals surface area contributed by atoms with Gasteiger partial charge in [-0.05, 0) is 48.2 Å². The molecule has 3 aromatic carbocycles. The number of carbonyl (C=O) groups excluding carboxylic acids is 1. The van der Waals surface area contributed by atoms with Crippen LogP contribution in [0.2, 0.25) is 0 Å². The van der Waals surface area contributed by atoms with Gasteiger partial charge in [-0.25, -0.2) is 9.97 Å². The van der Waals surface area contributed by atoms with Crippen LogP contribution in [0.1, 0.15) is 27.9 Å².